The van der Waals surface area contributed by atoms with Crippen LogP contribution in [0.25, 0.3) is 0 Å². The summed E-state index contributed by atoms with van der Waals surface area (Å²) in [7, 11) is -2.87. The highest BCUT2D eigenvalue weighted by molar-refractivity contribution is 7.91. The van der Waals surface area contributed by atoms with Crippen LogP contribution in [0.15, 0.2) is 6.33 Å². The minimum absolute atomic E-state index is 0.0439. The van der Waals surface area contributed by atoms with Crippen molar-refractivity contribution in [2.24, 2.45) is 0 Å². The van der Waals surface area contributed by atoms with E-state index in [4.69, 9.17) is 0 Å². The second kappa shape index (κ2) is 5.73. The Morgan fingerprint density at radius 1 is 1.37 bits per heavy atom. The van der Waals surface area contributed by atoms with Crippen LogP contribution in [0.3, 0.4) is 0 Å². The van der Waals surface area contributed by atoms with Gasteiger partial charge in [-0.2, -0.15) is 0 Å². The molecule has 2 heterocycles. The zero-order valence-electron chi connectivity index (χ0n) is 11.3. The normalized spacial score (nSPS) is 21.3. The fraction of sp³-hybridized carbons (Fsp3) is 0.667. The van der Waals surface area contributed by atoms with Gasteiger partial charge in [-0.3, -0.25) is 0 Å². The molecule has 7 heteroatoms. The van der Waals surface area contributed by atoms with Crippen molar-refractivity contribution in [1.29, 1.82) is 0 Å². The molecule has 0 bridgehead atoms. The number of nitrogens with zero attached hydrogens (tertiary/aromatic N) is 2. The maximum Gasteiger partial charge on any atom is 0.152 e. The summed E-state index contributed by atoms with van der Waals surface area (Å²) in [6.07, 6.45) is 3.16. The Hall–Kier alpha value is -1.37. The molecule has 1 aliphatic heterocycles. The maximum absolute atomic E-state index is 11.4. The van der Waals surface area contributed by atoms with Crippen molar-refractivity contribution >= 4 is 21.5 Å². The van der Waals surface area contributed by atoms with Gasteiger partial charge in [-0.15, -0.1) is 0 Å². The number of rotatable bonds is 5. The van der Waals surface area contributed by atoms with Gasteiger partial charge in [-0.1, -0.05) is 6.92 Å². The van der Waals surface area contributed by atoms with Crippen molar-refractivity contribution in [3.05, 3.63) is 11.9 Å². The molecule has 0 aliphatic carbocycles. The zero-order valence-corrected chi connectivity index (χ0v) is 12.1. The predicted octanol–water partition coefficient (Wildman–Crippen LogP) is 1.21. The standard InChI is InChI=1S/C12H20N4O2S/c1-3-5-13-11-9(2)12(15-8-14-11)16-10-4-6-19(17,18)7-10/h8,10H,3-7H2,1-2H3,(H2,13,14,15,16). The lowest BCUT2D eigenvalue weighted by Gasteiger charge is -2.15. The highest BCUT2D eigenvalue weighted by atomic mass is 32.2. The molecule has 0 radical (unpaired) electrons. The Morgan fingerprint density at radius 3 is 2.74 bits per heavy atom. The zero-order chi connectivity index (χ0) is 13.9. The van der Waals surface area contributed by atoms with E-state index in [1.807, 2.05) is 6.92 Å². The second-order valence-corrected chi connectivity index (χ2v) is 7.10. The van der Waals surface area contributed by atoms with Gasteiger partial charge in [-0.05, 0) is 19.8 Å². The van der Waals surface area contributed by atoms with E-state index in [9.17, 15) is 8.42 Å². The van der Waals surface area contributed by atoms with Crippen LogP contribution in [-0.2, 0) is 9.84 Å². The molecule has 1 unspecified atom stereocenters. The smallest absolute Gasteiger partial charge is 0.152 e. The van der Waals surface area contributed by atoms with E-state index in [2.05, 4.69) is 27.5 Å². The van der Waals surface area contributed by atoms with Gasteiger partial charge in [-0.25, -0.2) is 18.4 Å². The Kier molecular flexibility index (Phi) is 4.24. The topological polar surface area (TPSA) is 84.0 Å². The van der Waals surface area contributed by atoms with Crippen LogP contribution >= 0.6 is 0 Å². The fourth-order valence-electron chi connectivity index (χ4n) is 2.12. The van der Waals surface area contributed by atoms with Crippen molar-refractivity contribution < 1.29 is 8.42 Å². The van der Waals surface area contributed by atoms with Crippen LogP contribution < -0.4 is 10.6 Å². The number of nitrogens with one attached hydrogen (secondary N) is 2. The Bertz CT molecular complexity index is 545. The molecule has 0 saturated carbocycles. The summed E-state index contributed by atoms with van der Waals surface area (Å²) in [4.78, 5) is 8.40. The Balaban J connectivity index is 2.08. The van der Waals surface area contributed by atoms with Gasteiger partial charge in [0.15, 0.2) is 9.84 Å². The third-order valence-corrected chi connectivity index (χ3v) is 4.97. The first-order valence-corrected chi connectivity index (χ1v) is 8.36. The molecule has 1 aromatic rings. The Morgan fingerprint density at radius 2 is 2.11 bits per heavy atom. The molecule has 19 heavy (non-hydrogen) atoms. The summed E-state index contributed by atoms with van der Waals surface area (Å²) in [6.45, 7) is 4.88. The van der Waals surface area contributed by atoms with Crippen molar-refractivity contribution in [2.75, 3.05) is 28.7 Å². The molecular formula is C12H20N4O2S. The van der Waals surface area contributed by atoms with Crippen molar-refractivity contribution in [3.8, 4) is 0 Å². The van der Waals surface area contributed by atoms with Gasteiger partial charge in [0, 0.05) is 18.2 Å². The summed E-state index contributed by atoms with van der Waals surface area (Å²) in [5, 5.41) is 6.45. The van der Waals surface area contributed by atoms with Crippen molar-refractivity contribution in [2.45, 2.75) is 32.7 Å². The molecule has 106 valence electrons. The number of anilines is 2. The van der Waals surface area contributed by atoms with Crippen molar-refractivity contribution in [1.82, 2.24) is 9.97 Å². The average molecular weight is 284 g/mol. The number of hydrogen-bond donors (Lipinski definition) is 2. The summed E-state index contributed by atoms with van der Waals surface area (Å²) in [5.41, 5.74) is 0.931. The lowest BCUT2D eigenvalue weighted by Crippen LogP contribution is -2.22. The van der Waals surface area contributed by atoms with Gasteiger partial charge in [0.25, 0.3) is 0 Å². The summed E-state index contributed by atoms with van der Waals surface area (Å²) >= 11 is 0. The summed E-state index contributed by atoms with van der Waals surface area (Å²) in [5.74, 6) is 1.97. The molecule has 6 nitrogen and oxygen atoms in total. The molecule has 0 spiro atoms. The monoisotopic (exact) mass is 284 g/mol. The molecule has 0 aromatic carbocycles. The highest BCUT2D eigenvalue weighted by Gasteiger charge is 2.28. The minimum Gasteiger partial charge on any atom is -0.370 e. The van der Waals surface area contributed by atoms with Crippen LogP contribution in [0.1, 0.15) is 25.3 Å². The number of hydrogen-bond acceptors (Lipinski definition) is 6. The minimum atomic E-state index is -2.87. The quantitative estimate of drug-likeness (QED) is 0.845. The molecule has 1 fully saturated rings. The largest absolute Gasteiger partial charge is 0.370 e. The molecule has 2 N–H and O–H groups in total. The maximum atomic E-state index is 11.4. The second-order valence-electron chi connectivity index (χ2n) is 4.87. The van der Waals surface area contributed by atoms with Crippen LogP contribution in [0.5, 0.6) is 0 Å². The third-order valence-electron chi connectivity index (χ3n) is 3.20. The molecule has 1 aliphatic rings. The van der Waals surface area contributed by atoms with E-state index in [0.717, 1.165) is 30.2 Å². The SMILES string of the molecule is CCCNc1ncnc(NC2CCS(=O)(=O)C2)c1C. The van der Waals surface area contributed by atoms with Gasteiger partial charge in [0.2, 0.25) is 0 Å². The first-order valence-electron chi connectivity index (χ1n) is 6.54. The van der Waals surface area contributed by atoms with Gasteiger partial charge in [0.05, 0.1) is 11.5 Å². The highest BCUT2D eigenvalue weighted by Crippen LogP contribution is 2.22. The van der Waals surface area contributed by atoms with E-state index in [1.165, 1.54) is 6.33 Å². The summed E-state index contributed by atoms with van der Waals surface area (Å²) < 4.78 is 22.9. The summed E-state index contributed by atoms with van der Waals surface area (Å²) in [6, 6.07) is -0.0439. The molecule has 1 atom stereocenters. The van der Waals surface area contributed by atoms with Crippen molar-refractivity contribution in [3.63, 3.8) is 0 Å². The van der Waals surface area contributed by atoms with Gasteiger partial charge < -0.3 is 10.6 Å². The predicted molar refractivity (Wildman–Crippen MR) is 76.2 cm³/mol. The fourth-order valence-corrected chi connectivity index (χ4v) is 3.79. The third kappa shape index (κ3) is 3.56. The first-order chi connectivity index (χ1) is 9.02. The van der Waals surface area contributed by atoms with E-state index in [0.29, 0.717) is 6.42 Å². The van der Waals surface area contributed by atoms with Crippen LogP contribution in [0, 0.1) is 6.92 Å². The molecular weight excluding hydrogens is 264 g/mol. The Labute approximate surface area is 114 Å². The molecule has 1 saturated heterocycles. The number of sulfone groups is 1. The van der Waals surface area contributed by atoms with Crippen LogP contribution in [0.2, 0.25) is 0 Å². The molecule has 0 amide bonds. The van der Waals surface area contributed by atoms with Crippen LogP contribution in [0.4, 0.5) is 11.6 Å². The van der Waals surface area contributed by atoms with Gasteiger partial charge in [0.1, 0.15) is 18.0 Å². The van der Waals surface area contributed by atoms with E-state index >= 15 is 0 Å². The lowest BCUT2D eigenvalue weighted by molar-refractivity contribution is 0.602. The van der Waals surface area contributed by atoms with Crippen LogP contribution in [-0.4, -0.2) is 42.5 Å². The number of aromatic nitrogens is 2. The van der Waals surface area contributed by atoms with E-state index in [1.54, 1.807) is 0 Å². The molecule has 2 rings (SSSR count). The lowest BCUT2D eigenvalue weighted by atomic mass is 10.2. The molecule has 1 aromatic heterocycles. The average Bonchev–Trinajstić information content (AvgIpc) is 2.70. The van der Waals surface area contributed by atoms with E-state index < -0.39 is 9.84 Å². The van der Waals surface area contributed by atoms with Gasteiger partial charge >= 0.3 is 0 Å². The van der Waals surface area contributed by atoms with E-state index in [-0.39, 0.29) is 17.5 Å². The first kappa shape index (κ1) is 14.0.